The molecule has 0 N–H and O–H groups in total. The molecule has 0 saturated carbocycles. The van der Waals surface area contributed by atoms with E-state index in [2.05, 4.69) is 6.92 Å². The van der Waals surface area contributed by atoms with Crippen LogP contribution >= 0.6 is 0 Å². The van der Waals surface area contributed by atoms with Crippen molar-refractivity contribution < 1.29 is 14.3 Å². The number of carbonyl (C=O) groups is 2. The summed E-state index contributed by atoms with van der Waals surface area (Å²) in [5, 5.41) is 0. The van der Waals surface area contributed by atoms with Gasteiger partial charge in [-0.25, -0.2) is 0 Å². The average molecular weight is 270 g/mol. The molecule has 19 heavy (non-hydrogen) atoms. The first kappa shape index (κ1) is 18.1. The fraction of sp³-hybridized carbons (Fsp3) is 0.875. The minimum absolute atomic E-state index is 0.158. The number of ether oxygens (including phenoxy) is 1. The Morgan fingerprint density at radius 2 is 1.47 bits per heavy atom. The van der Waals surface area contributed by atoms with Gasteiger partial charge in [0.2, 0.25) is 0 Å². The topological polar surface area (TPSA) is 43.4 Å². The quantitative estimate of drug-likeness (QED) is 0.564. The number of rotatable bonds is 10. The minimum Gasteiger partial charge on any atom is -0.465 e. The van der Waals surface area contributed by atoms with E-state index in [-0.39, 0.29) is 23.6 Å². The molecular weight excluding hydrogens is 240 g/mol. The summed E-state index contributed by atoms with van der Waals surface area (Å²) < 4.78 is 5.35. The highest BCUT2D eigenvalue weighted by atomic mass is 16.5. The van der Waals surface area contributed by atoms with Crippen LogP contribution < -0.4 is 0 Å². The summed E-state index contributed by atoms with van der Waals surface area (Å²) in [4.78, 5) is 24.3. The van der Waals surface area contributed by atoms with Crippen molar-refractivity contribution in [3.63, 3.8) is 0 Å². The van der Waals surface area contributed by atoms with Crippen LogP contribution in [0.5, 0.6) is 0 Å². The summed E-state index contributed by atoms with van der Waals surface area (Å²) in [5.74, 6) is -0.0684. The number of esters is 1. The van der Waals surface area contributed by atoms with Crippen molar-refractivity contribution in [2.45, 2.75) is 66.7 Å². The van der Waals surface area contributed by atoms with E-state index in [4.69, 9.17) is 4.74 Å². The lowest BCUT2D eigenvalue weighted by atomic mass is 9.81. The van der Waals surface area contributed by atoms with Gasteiger partial charge in [-0.05, 0) is 18.8 Å². The van der Waals surface area contributed by atoms with E-state index in [1.165, 1.54) is 0 Å². The van der Waals surface area contributed by atoms with E-state index in [1.54, 1.807) is 0 Å². The third-order valence-corrected chi connectivity index (χ3v) is 3.31. The first-order valence-electron chi connectivity index (χ1n) is 7.67. The predicted molar refractivity (Wildman–Crippen MR) is 77.9 cm³/mol. The highest BCUT2D eigenvalue weighted by Gasteiger charge is 2.32. The van der Waals surface area contributed by atoms with Crippen LogP contribution in [-0.2, 0) is 14.3 Å². The minimum atomic E-state index is -0.254. The van der Waals surface area contributed by atoms with Crippen molar-refractivity contribution >= 4 is 11.8 Å². The maximum atomic E-state index is 12.2. The first-order chi connectivity index (χ1) is 8.97. The lowest BCUT2D eigenvalue weighted by Gasteiger charge is -2.24. The molecule has 0 amide bonds. The van der Waals surface area contributed by atoms with Gasteiger partial charge in [0.15, 0.2) is 0 Å². The molecule has 112 valence electrons. The van der Waals surface area contributed by atoms with Crippen molar-refractivity contribution in [2.24, 2.45) is 17.8 Å². The van der Waals surface area contributed by atoms with Gasteiger partial charge >= 0.3 is 5.97 Å². The fourth-order valence-corrected chi connectivity index (χ4v) is 2.31. The van der Waals surface area contributed by atoms with Crippen LogP contribution in [0.25, 0.3) is 0 Å². The third-order valence-electron chi connectivity index (χ3n) is 3.31. The summed E-state index contributed by atoms with van der Waals surface area (Å²) in [6.07, 6.45) is 3.86. The fourth-order valence-electron chi connectivity index (χ4n) is 2.31. The van der Waals surface area contributed by atoms with E-state index in [1.807, 2.05) is 27.7 Å². The number of ketones is 1. The predicted octanol–water partition coefficient (Wildman–Crippen LogP) is 4.00. The van der Waals surface area contributed by atoms with Gasteiger partial charge in [-0.15, -0.1) is 0 Å². The monoisotopic (exact) mass is 270 g/mol. The summed E-state index contributed by atoms with van der Waals surface area (Å²) in [6.45, 7) is 10.4. The lowest BCUT2D eigenvalue weighted by molar-refractivity contribution is -0.154. The molecule has 0 saturated heterocycles. The second-order valence-electron chi connectivity index (χ2n) is 5.63. The standard InChI is InChI=1S/C16H30O3/c1-6-9-13(15(17)8-3)14(10-7-2)16(18)19-11-12(4)5/h12-14H,6-11H2,1-5H3. The highest BCUT2D eigenvalue weighted by molar-refractivity contribution is 5.86. The van der Waals surface area contributed by atoms with Gasteiger partial charge in [-0.1, -0.05) is 47.5 Å². The molecule has 0 aromatic carbocycles. The van der Waals surface area contributed by atoms with E-state index < -0.39 is 0 Å². The zero-order valence-corrected chi connectivity index (χ0v) is 13.2. The Balaban J connectivity index is 4.80. The van der Waals surface area contributed by atoms with Crippen molar-refractivity contribution in [3.05, 3.63) is 0 Å². The Labute approximate surface area is 118 Å². The molecule has 0 rings (SSSR count). The van der Waals surface area contributed by atoms with E-state index in [0.717, 1.165) is 25.7 Å². The maximum absolute atomic E-state index is 12.2. The SMILES string of the molecule is CCCC(C(=O)CC)C(CCC)C(=O)OCC(C)C. The van der Waals surface area contributed by atoms with Gasteiger partial charge in [0.25, 0.3) is 0 Å². The normalized spacial score (nSPS) is 14.2. The molecule has 0 radical (unpaired) electrons. The van der Waals surface area contributed by atoms with Crippen LogP contribution in [0.3, 0.4) is 0 Å². The molecular formula is C16H30O3. The zero-order chi connectivity index (χ0) is 14.8. The molecule has 2 atom stereocenters. The Kier molecular flexibility index (Phi) is 9.54. The van der Waals surface area contributed by atoms with E-state index in [0.29, 0.717) is 18.9 Å². The van der Waals surface area contributed by atoms with Gasteiger partial charge in [-0.3, -0.25) is 9.59 Å². The Bertz CT molecular complexity index is 271. The van der Waals surface area contributed by atoms with Gasteiger partial charge in [0.05, 0.1) is 12.5 Å². The van der Waals surface area contributed by atoms with E-state index >= 15 is 0 Å². The average Bonchev–Trinajstić information content (AvgIpc) is 2.39. The second kappa shape index (κ2) is 9.99. The molecule has 0 aliphatic rings. The van der Waals surface area contributed by atoms with Gasteiger partial charge in [0.1, 0.15) is 5.78 Å². The van der Waals surface area contributed by atoms with Crippen molar-refractivity contribution in [3.8, 4) is 0 Å². The molecule has 0 aliphatic carbocycles. The molecule has 0 aliphatic heterocycles. The summed E-state index contributed by atoms with van der Waals surface area (Å²) in [7, 11) is 0. The Hall–Kier alpha value is -0.860. The molecule has 0 spiro atoms. The summed E-state index contributed by atoms with van der Waals surface area (Å²) >= 11 is 0. The molecule has 3 nitrogen and oxygen atoms in total. The maximum Gasteiger partial charge on any atom is 0.309 e. The second-order valence-corrected chi connectivity index (χ2v) is 5.63. The molecule has 0 aromatic heterocycles. The lowest BCUT2D eigenvalue weighted by Crippen LogP contribution is -2.31. The van der Waals surface area contributed by atoms with Crippen LogP contribution in [-0.4, -0.2) is 18.4 Å². The van der Waals surface area contributed by atoms with Crippen molar-refractivity contribution in [1.82, 2.24) is 0 Å². The van der Waals surface area contributed by atoms with Crippen LogP contribution in [0.15, 0.2) is 0 Å². The highest BCUT2D eigenvalue weighted by Crippen LogP contribution is 2.26. The number of hydrogen-bond donors (Lipinski definition) is 0. The first-order valence-corrected chi connectivity index (χ1v) is 7.67. The molecule has 0 aromatic rings. The van der Waals surface area contributed by atoms with Crippen molar-refractivity contribution in [1.29, 1.82) is 0 Å². The number of Topliss-reactive ketones (excluding diaryl/α,β-unsaturated/α-hetero) is 1. The number of carbonyl (C=O) groups excluding carboxylic acids is 2. The molecule has 0 fully saturated rings. The van der Waals surface area contributed by atoms with Crippen LogP contribution in [0, 0.1) is 17.8 Å². The van der Waals surface area contributed by atoms with Crippen molar-refractivity contribution in [2.75, 3.05) is 6.61 Å². The van der Waals surface area contributed by atoms with Crippen LogP contribution in [0.4, 0.5) is 0 Å². The van der Waals surface area contributed by atoms with Gasteiger partial charge in [0, 0.05) is 12.3 Å². The molecule has 3 heteroatoms. The Morgan fingerprint density at radius 1 is 0.947 bits per heavy atom. The van der Waals surface area contributed by atoms with Gasteiger partial charge < -0.3 is 4.74 Å². The van der Waals surface area contributed by atoms with Crippen LogP contribution in [0.1, 0.15) is 66.7 Å². The molecule has 0 heterocycles. The summed E-state index contributed by atoms with van der Waals surface area (Å²) in [5.41, 5.74) is 0. The van der Waals surface area contributed by atoms with E-state index in [9.17, 15) is 9.59 Å². The third kappa shape index (κ3) is 6.74. The van der Waals surface area contributed by atoms with Gasteiger partial charge in [-0.2, -0.15) is 0 Å². The smallest absolute Gasteiger partial charge is 0.309 e. The Morgan fingerprint density at radius 3 is 1.89 bits per heavy atom. The summed E-state index contributed by atoms with van der Waals surface area (Å²) in [6, 6.07) is 0. The molecule has 2 unspecified atom stereocenters. The number of hydrogen-bond acceptors (Lipinski definition) is 3. The largest absolute Gasteiger partial charge is 0.465 e. The zero-order valence-electron chi connectivity index (χ0n) is 13.2. The van der Waals surface area contributed by atoms with Crippen LogP contribution in [0.2, 0.25) is 0 Å². The molecule has 0 bridgehead atoms.